The van der Waals surface area contributed by atoms with Crippen molar-refractivity contribution < 1.29 is 9.47 Å². The zero-order valence-electron chi connectivity index (χ0n) is 11.5. The quantitative estimate of drug-likeness (QED) is 0.912. The molecule has 0 amide bonds. The predicted octanol–water partition coefficient (Wildman–Crippen LogP) is 3.32. The van der Waals surface area contributed by atoms with Crippen molar-refractivity contribution in [2.45, 2.75) is 19.4 Å². The van der Waals surface area contributed by atoms with E-state index >= 15 is 0 Å². The van der Waals surface area contributed by atoms with Crippen LogP contribution in [0.3, 0.4) is 0 Å². The average Bonchev–Trinajstić information content (AvgIpc) is 2.85. The zero-order valence-corrected chi connectivity index (χ0v) is 12.3. The van der Waals surface area contributed by atoms with Gasteiger partial charge in [0.25, 0.3) is 0 Å². The van der Waals surface area contributed by atoms with Crippen LogP contribution in [-0.4, -0.2) is 14.2 Å². The number of nitrogens with two attached hydrogens (primary N) is 1. The Balaban J connectivity index is 2.17. The SMILES string of the molecule is COc1ccc(CC(N)c2ccsc2C)cc1OC. The molecule has 1 atom stereocenters. The predicted molar refractivity (Wildman–Crippen MR) is 79.2 cm³/mol. The highest BCUT2D eigenvalue weighted by Crippen LogP contribution is 2.30. The summed E-state index contributed by atoms with van der Waals surface area (Å²) in [5.74, 6) is 1.49. The molecule has 2 N–H and O–H groups in total. The third-order valence-electron chi connectivity index (χ3n) is 3.20. The Labute approximate surface area is 118 Å². The van der Waals surface area contributed by atoms with Crippen LogP contribution >= 0.6 is 11.3 Å². The van der Waals surface area contributed by atoms with Gasteiger partial charge in [0, 0.05) is 10.9 Å². The van der Waals surface area contributed by atoms with Crippen LogP contribution in [0.5, 0.6) is 11.5 Å². The summed E-state index contributed by atoms with van der Waals surface area (Å²) in [6.07, 6.45) is 0.790. The molecule has 1 aromatic carbocycles. The molecule has 0 spiro atoms. The molecule has 1 unspecified atom stereocenters. The molecule has 0 fully saturated rings. The minimum absolute atomic E-state index is 0.0179. The molecule has 1 heterocycles. The lowest BCUT2D eigenvalue weighted by atomic mass is 10.00. The van der Waals surface area contributed by atoms with Crippen molar-refractivity contribution in [1.29, 1.82) is 0 Å². The maximum absolute atomic E-state index is 6.27. The van der Waals surface area contributed by atoms with Gasteiger partial charge in [0.2, 0.25) is 0 Å². The molecule has 2 rings (SSSR count). The van der Waals surface area contributed by atoms with Crippen LogP contribution < -0.4 is 15.2 Å². The highest BCUT2D eigenvalue weighted by Gasteiger charge is 2.12. The average molecular weight is 277 g/mol. The molecule has 3 nitrogen and oxygen atoms in total. The van der Waals surface area contributed by atoms with Crippen molar-refractivity contribution in [2.75, 3.05) is 14.2 Å². The lowest BCUT2D eigenvalue weighted by Gasteiger charge is -2.14. The topological polar surface area (TPSA) is 44.5 Å². The van der Waals surface area contributed by atoms with E-state index in [0.29, 0.717) is 0 Å². The van der Waals surface area contributed by atoms with Crippen molar-refractivity contribution >= 4 is 11.3 Å². The van der Waals surface area contributed by atoms with E-state index in [2.05, 4.69) is 18.4 Å². The van der Waals surface area contributed by atoms with Crippen LogP contribution in [0.1, 0.15) is 22.0 Å². The van der Waals surface area contributed by atoms with Crippen LogP contribution in [-0.2, 0) is 6.42 Å². The molecule has 19 heavy (non-hydrogen) atoms. The van der Waals surface area contributed by atoms with Crippen LogP contribution in [0.15, 0.2) is 29.6 Å². The van der Waals surface area contributed by atoms with Crippen molar-refractivity contribution in [3.63, 3.8) is 0 Å². The highest BCUT2D eigenvalue weighted by molar-refractivity contribution is 7.10. The second-order valence-electron chi connectivity index (χ2n) is 4.43. The molecule has 1 aromatic heterocycles. The van der Waals surface area contributed by atoms with Gasteiger partial charge in [0.1, 0.15) is 0 Å². The second kappa shape index (κ2) is 6.08. The molecule has 0 radical (unpaired) electrons. The summed E-state index contributed by atoms with van der Waals surface area (Å²) in [5, 5.41) is 2.08. The minimum Gasteiger partial charge on any atom is -0.493 e. The Hall–Kier alpha value is -1.52. The van der Waals surface area contributed by atoms with Crippen LogP contribution in [0.4, 0.5) is 0 Å². The number of benzene rings is 1. The molecule has 0 aliphatic carbocycles. The Morgan fingerprint density at radius 2 is 1.89 bits per heavy atom. The molecule has 0 saturated carbocycles. The normalized spacial score (nSPS) is 12.2. The number of aryl methyl sites for hydroxylation is 1. The van der Waals surface area contributed by atoms with Crippen LogP contribution in [0, 0.1) is 6.92 Å². The van der Waals surface area contributed by atoms with Gasteiger partial charge in [-0.2, -0.15) is 0 Å². The monoisotopic (exact) mass is 277 g/mol. The molecule has 0 aliphatic rings. The first-order chi connectivity index (χ1) is 9.15. The van der Waals surface area contributed by atoms with Gasteiger partial charge >= 0.3 is 0 Å². The van der Waals surface area contributed by atoms with Crippen molar-refractivity contribution in [3.05, 3.63) is 45.6 Å². The molecular formula is C15H19NO2S. The summed E-state index contributed by atoms with van der Waals surface area (Å²) in [5.41, 5.74) is 8.64. The van der Waals surface area contributed by atoms with Gasteiger partial charge < -0.3 is 15.2 Å². The van der Waals surface area contributed by atoms with E-state index in [4.69, 9.17) is 15.2 Å². The maximum atomic E-state index is 6.27. The first-order valence-electron chi connectivity index (χ1n) is 6.16. The van der Waals surface area contributed by atoms with E-state index < -0.39 is 0 Å². The fraction of sp³-hybridized carbons (Fsp3) is 0.333. The standard InChI is InChI=1S/C15H19NO2S/c1-10-12(6-7-19-10)13(16)8-11-4-5-14(17-2)15(9-11)18-3/h4-7,9,13H,8,16H2,1-3H3. The highest BCUT2D eigenvalue weighted by atomic mass is 32.1. The first-order valence-corrected chi connectivity index (χ1v) is 7.04. The molecule has 2 aromatic rings. The lowest BCUT2D eigenvalue weighted by Crippen LogP contribution is -2.13. The van der Waals surface area contributed by atoms with E-state index in [-0.39, 0.29) is 6.04 Å². The molecule has 0 bridgehead atoms. The summed E-state index contributed by atoms with van der Waals surface area (Å²) in [7, 11) is 3.28. The number of ether oxygens (including phenoxy) is 2. The fourth-order valence-electron chi connectivity index (χ4n) is 2.15. The Bertz CT molecular complexity index is 551. The fourth-order valence-corrected chi connectivity index (χ4v) is 2.93. The number of methoxy groups -OCH3 is 2. The van der Waals surface area contributed by atoms with Gasteiger partial charge in [-0.15, -0.1) is 11.3 Å². The Kier molecular flexibility index (Phi) is 4.45. The molecule has 0 saturated heterocycles. The zero-order chi connectivity index (χ0) is 13.8. The van der Waals surface area contributed by atoms with Gasteiger partial charge in [0.05, 0.1) is 14.2 Å². The number of thiophene rings is 1. The largest absolute Gasteiger partial charge is 0.493 e. The smallest absolute Gasteiger partial charge is 0.160 e. The van der Waals surface area contributed by atoms with Crippen molar-refractivity contribution in [3.8, 4) is 11.5 Å². The minimum atomic E-state index is 0.0179. The summed E-state index contributed by atoms with van der Waals surface area (Å²) in [6, 6.07) is 8.06. The van der Waals surface area contributed by atoms with Gasteiger partial charge in [0.15, 0.2) is 11.5 Å². The number of hydrogen-bond donors (Lipinski definition) is 1. The second-order valence-corrected chi connectivity index (χ2v) is 5.55. The van der Waals surface area contributed by atoms with E-state index in [1.807, 2.05) is 18.2 Å². The van der Waals surface area contributed by atoms with E-state index in [0.717, 1.165) is 23.5 Å². The Morgan fingerprint density at radius 3 is 2.47 bits per heavy atom. The van der Waals surface area contributed by atoms with E-state index in [1.165, 1.54) is 10.4 Å². The molecule has 0 aliphatic heterocycles. The third-order valence-corrected chi connectivity index (χ3v) is 4.06. The molecule has 102 valence electrons. The third kappa shape index (κ3) is 3.08. The van der Waals surface area contributed by atoms with Crippen molar-refractivity contribution in [1.82, 2.24) is 0 Å². The summed E-state index contributed by atoms with van der Waals surface area (Å²) in [6.45, 7) is 2.11. The summed E-state index contributed by atoms with van der Waals surface area (Å²) >= 11 is 1.73. The maximum Gasteiger partial charge on any atom is 0.160 e. The van der Waals surface area contributed by atoms with Crippen LogP contribution in [0.2, 0.25) is 0 Å². The van der Waals surface area contributed by atoms with Gasteiger partial charge in [-0.05, 0) is 48.1 Å². The van der Waals surface area contributed by atoms with Gasteiger partial charge in [-0.3, -0.25) is 0 Å². The lowest BCUT2D eigenvalue weighted by molar-refractivity contribution is 0.354. The number of rotatable bonds is 5. The first kappa shape index (κ1) is 13.9. The van der Waals surface area contributed by atoms with E-state index in [9.17, 15) is 0 Å². The van der Waals surface area contributed by atoms with Gasteiger partial charge in [-0.1, -0.05) is 6.07 Å². The van der Waals surface area contributed by atoms with E-state index in [1.54, 1.807) is 25.6 Å². The van der Waals surface area contributed by atoms with Gasteiger partial charge in [-0.25, -0.2) is 0 Å². The summed E-state index contributed by atoms with van der Waals surface area (Å²) in [4.78, 5) is 1.29. The molecular weight excluding hydrogens is 258 g/mol. The summed E-state index contributed by atoms with van der Waals surface area (Å²) < 4.78 is 10.5. The Morgan fingerprint density at radius 1 is 1.16 bits per heavy atom. The van der Waals surface area contributed by atoms with Crippen molar-refractivity contribution in [2.24, 2.45) is 5.73 Å². The van der Waals surface area contributed by atoms with Crippen LogP contribution in [0.25, 0.3) is 0 Å². The number of hydrogen-bond acceptors (Lipinski definition) is 4. The molecule has 4 heteroatoms.